The number of nitrogens with one attached hydrogen (secondary N) is 1. The summed E-state index contributed by atoms with van der Waals surface area (Å²) in [6.07, 6.45) is -0.823. The van der Waals surface area contributed by atoms with Crippen LogP contribution in [0.2, 0.25) is 0 Å². The van der Waals surface area contributed by atoms with E-state index in [2.05, 4.69) is 20.2 Å². The second-order valence-electron chi connectivity index (χ2n) is 9.29. The predicted octanol–water partition coefficient (Wildman–Crippen LogP) is 2.25. The third-order valence-electron chi connectivity index (χ3n) is 6.81. The summed E-state index contributed by atoms with van der Waals surface area (Å²) in [5.41, 5.74) is 1.95. The summed E-state index contributed by atoms with van der Waals surface area (Å²) < 4.78 is 43.0. The van der Waals surface area contributed by atoms with E-state index in [-0.39, 0.29) is 23.6 Å². The van der Waals surface area contributed by atoms with Crippen LogP contribution in [-0.2, 0) is 19.5 Å². The third kappa shape index (κ3) is 4.03. The van der Waals surface area contributed by atoms with Gasteiger partial charge in [-0.1, -0.05) is 30.3 Å². The molecule has 186 valence electrons. The highest BCUT2D eigenvalue weighted by molar-refractivity contribution is 7.89. The van der Waals surface area contributed by atoms with E-state index in [1.54, 1.807) is 16.8 Å². The first kappa shape index (κ1) is 23.0. The Kier molecular flexibility index (Phi) is 5.72. The fourth-order valence-electron chi connectivity index (χ4n) is 4.91. The average molecular weight is 507 g/mol. The van der Waals surface area contributed by atoms with Crippen molar-refractivity contribution in [2.45, 2.75) is 29.2 Å². The Morgan fingerprint density at radius 1 is 0.944 bits per heavy atom. The lowest BCUT2D eigenvalue weighted by Crippen LogP contribution is -2.44. The van der Waals surface area contributed by atoms with Crippen LogP contribution in [0.15, 0.2) is 71.6 Å². The molecule has 10 nitrogen and oxygen atoms in total. The number of rotatable bonds is 6. The maximum Gasteiger partial charge on any atom is 0.241 e. The van der Waals surface area contributed by atoms with Crippen molar-refractivity contribution in [3.05, 3.63) is 66.7 Å². The second kappa shape index (κ2) is 8.93. The van der Waals surface area contributed by atoms with Gasteiger partial charge < -0.3 is 14.4 Å². The third-order valence-corrected chi connectivity index (χ3v) is 8.30. The number of aromatic nitrogens is 4. The van der Waals surface area contributed by atoms with Crippen LogP contribution in [0.1, 0.15) is 6.04 Å². The normalized spacial score (nSPS) is 23.7. The lowest BCUT2D eigenvalue weighted by atomic mass is 10.1. The zero-order valence-electron chi connectivity index (χ0n) is 19.9. The molecule has 0 spiro atoms. The number of ether oxygens (including phenoxy) is 2. The predicted molar refractivity (Wildman–Crippen MR) is 134 cm³/mol. The number of sulfonamides is 1. The van der Waals surface area contributed by atoms with Crippen molar-refractivity contribution in [3.63, 3.8) is 0 Å². The number of hydrogen-bond acceptors (Lipinski definition) is 8. The summed E-state index contributed by atoms with van der Waals surface area (Å²) in [5, 5.41) is 14.2. The van der Waals surface area contributed by atoms with E-state index in [1.165, 1.54) is 0 Å². The summed E-state index contributed by atoms with van der Waals surface area (Å²) in [7, 11) is 0.198. The minimum atomic E-state index is -3.77. The molecule has 3 heterocycles. The van der Waals surface area contributed by atoms with Gasteiger partial charge in [0.25, 0.3) is 0 Å². The monoisotopic (exact) mass is 506 g/mol. The Labute approximate surface area is 208 Å². The first-order valence-electron chi connectivity index (χ1n) is 11.7. The zero-order chi connectivity index (χ0) is 24.9. The molecule has 0 unspecified atom stereocenters. The van der Waals surface area contributed by atoms with Crippen LogP contribution in [0, 0.1) is 0 Å². The molecule has 0 bridgehead atoms. The van der Waals surface area contributed by atoms with Crippen LogP contribution < -0.4 is 9.62 Å². The Morgan fingerprint density at radius 3 is 2.47 bits per heavy atom. The molecule has 11 heteroatoms. The van der Waals surface area contributed by atoms with E-state index in [0.717, 1.165) is 22.0 Å². The molecule has 36 heavy (non-hydrogen) atoms. The molecule has 2 fully saturated rings. The van der Waals surface area contributed by atoms with Crippen LogP contribution in [0.3, 0.4) is 0 Å². The molecule has 2 aliphatic rings. The highest BCUT2D eigenvalue weighted by atomic mass is 32.2. The molecular formula is C25H26N6O4S. The van der Waals surface area contributed by atoms with Crippen molar-refractivity contribution in [2.75, 3.05) is 32.2 Å². The summed E-state index contributed by atoms with van der Waals surface area (Å²) in [6.45, 7) is 0.519. The lowest BCUT2D eigenvalue weighted by molar-refractivity contribution is 0.0626. The smallest absolute Gasteiger partial charge is 0.241 e. The number of anilines is 1. The molecular weight excluding hydrogens is 480 g/mol. The van der Waals surface area contributed by atoms with Gasteiger partial charge in [-0.2, -0.15) is 0 Å². The molecule has 2 aliphatic heterocycles. The van der Waals surface area contributed by atoms with E-state index in [0.29, 0.717) is 12.4 Å². The van der Waals surface area contributed by atoms with Crippen LogP contribution in [0.4, 0.5) is 5.69 Å². The molecule has 2 saturated heterocycles. The summed E-state index contributed by atoms with van der Waals surface area (Å²) in [4.78, 5) is 2.23. The number of nitrogens with zero attached hydrogens (tertiary/aromatic N) is 5. The standard InChI is InChI=1S/C25H26N6O4S/c1-30(2)19-10-7-17(8-11-19)25-26-28-29-31(25)22-15-35-23-21(14-34-24(22)23)27-36(32,33)20-12-9-16-5-3-4-6-18(16)13-20/h3-13,21-24,27H,14-15H2,1-2H3/t21-,22-,23+,24+/m0/s1. The Hall–Kier alpha value is -3.38. The van der Waals surface area contributed by atoms with Gasteiger partial charge in [-0.05, 0) is 57.6 Å². The Balaban J connectivity index is 1.21. The molecule has 1 N–H and O–H groups in total. The highest BCUT2D eigenvalue weighted by Gasteiger charge is 2.50. The molecule has 3 aromatic carbocycles. The van der Waals surface area contributed by atoms with Gasteiger partial charge in [0, 0.05) is 25.3 Å². The van der Waals surface area contributed by atoms with Gasteiger partial charge in [-0.15, -0.1) is 5.10 Å². The van der Waals surface area contributed by atoms with Crippen LogP contribution in [0.25, 0.3) is 22.2 Å². The van der Waals surface area contributed by atoms with E-state index in [9.17, 15) is 8.42 Å². The van der Waals surface area contributed by atoms with Crippen molar-refractivity contribution in [1.82, 2.24) is 24.9 Å². The van der Waals surface area contributed by atoms with E-state index in [4.69, 9.17) is 9.47 Å². The Morgan fingerprint density at radius 2 is 1.69 bits per heavy atom. The van der Waals surface area contributed by atoms with Crippen LogP contribution >= 0.6 is 0 Å². The molecule has 1 aromatic heterocycles. The summed E-state index contributed by atoms with van der Waals surface area (Å²) in [5.74, 6) is 0.610. The van der Waals surface area contributed by atoms with Crippen molar-refractivity contribution in [1.29, 1.82) is 0 Å². The summed E-state index contributed by atoms with van der Waals surface area (Å²) >= 11 is 0. The van der Waals surface area contributed by atoms with E-state index >= 15 is 0 Å². The van der Waals surface area contributed by atoms with E-state index < -0.39 is 22.2 Å². The fourth-order valence-corrected chi connectivity index (χ4v) is 6.17. The fraction of sp³-hybridized carbons (Fsp3) is 0.320. The van der Waals surface area contributed by atoms with Crippen LogP contribution in [-0.4, -0.2) is 74.2 Å². The van der Waals surface area contributed by atoms with Crippen molar-refractivity contribution < 1.29 is 17.9 Å². The summed E-state index contributed by atoms with van der Waals surface area (Å²) in [6, 6.07) is 19.9. The van der Waals surface area contributed by atoms with Crippen molar-refractivity contribution in [3.8, 4) is 11.4 Å². The highest BCUT2D eigenvalue weighted by Crippen LogP contribution is 2.36. The van der Waals surface area contributed by atoms with Gasteiger partial charge >= 0.3 is 0 Å². The van der Waals surface area contributed by atoms with Crippen LogP contribution in [0.5, 0.6) is 0 Å². The zero-order valence-corrected chi connectivity index (χ0v) is 20.7. The molecule has 0 aliphatic carbocycles. The molecule has 4 atom stereocenters. The van der Waals surface area contributed by atoms with Gasteiger partial charge in [-0.25, -0.2) is 17.8 Å². The van der Waals surface area contributed by atoms with E-state index in [1.807, 2.05) is 73.6 Å². The molecule has 0 amide bonds. The largest absolute Gasteiger partial charge is 0.378 e. The van der Waals surface area contributed by atoms with Gasteiger partial charge in [0.05, 0.1) is 24.2 Å². The number of tetrazole rings is 1. The SMILES string of the molecule is CN(C)c1ccc(-c2nnnn2[C@H]2CO[C@H]3[C@@H]2OC[C@@H]3NS(=O)(=O)c2ccc3ccccc3c2)cc1. The Bertz CT molecular complexity index is 1500. The minimum Gasteiger partial charge on any atom is -0.378 e. The number of hydrogen-bond donors (Lipinski definition) is 1. The lowest BCUT2D eigenvalue weighted by Gasteiger charge is -2.18. The minimum absolute atomic E-state index is 0.202. The number of benzene rings is 3. The average Bonchev–Trinajstić information content (AvgIpc) is 3.61. The first-order chi connectivity index (χ1) is 17.4. The first-order valence-corrected chi connectivity index (χ1v) is 13.2. The van der Waals surface area contributed by atoms with Crippen molar-refractivity contribution in [2.24, 2.45) is 0 Å². The van der Waals surface area contributed by atoms with Gasteiger partial charge in [0.1, 0.15) is 18.2 Å². The van der Waals surface area contributed by atoms with Gasteiger partial charge in [0.15, 0.2) is 5.82 Å². The molecule has 4 aromatic rings. The van der Waals surface area contributed by atoms with Gasteiger partial charge in [-0.3, -0.25) is 0 Å². The molecule has 0 radical (unpaired) electrons. The number of fused-ring (bicyclic) bond motifs is 2. The topological polar surface area (TPSA) is 111 Å². The van der Waals surface area contributed by atoms with Gasteiger partial charge in [0.2, 0.25) is 10.0 Å². The van der Waals surface area contributed by atoms with Crippen molar-refractivity contribution >= 4 is 26.5 Å². The second-order valence-corrected chi connectivity index (χ2v) is 11.0. The maximum absolute atomic E-state index is 13.2. The quantitative estimate of drug-likeness (QED) is 0.424. The molecule has 6 rings (SSSR count). The maximum atomic E-state index is 13.2. The molecule has 0 saturated carbocycles.